The maximum Gasteiger partial charge on any atom is 0.409 e. The summed E-state index contributed by atoms with van der Waals surface area (Å²) in [5, 5.41) is 0. The van der Waals surface area contributed by atoms with E-state index in [2.05, 4.69) is 0 Å². The number of methoxy groups -OCH3 is 1. The van der Waals surface area contributed by atoms with Gasteiger partial charge in [0, 0.05) is 24.6 Å². The van der Waals surface area contributed by atoms with Crippen molar-refractivity contribution in [2.45, 2.75) is 25.3 Å². The van der Waals surface area contributed by atoms with Crippen molar-refractivity contribution in [3.63, 3.8) is 0 Å². The van der Waals surface area contributed by atoms with Gasteiger partial charge in [-0.15, -0.1) is 0 Å². The molecule has 0 saturated carbocycles. The highest BCUT2D eigenvalue weighted by molar-refractivity contribution is 5.96. The molecular formula is C14H17NO3. The Morgan fingerprint density at radius 3 is 2.72 bits per heavy atom. The summed E-state index contributed by atoms with van der Waals surface area (Å²) in [5.41, 5.74) is 0.703. The fourth-order valence-corrected chi connectivity index (χ4v) is 2.36. The van der Waals surface area contributed by atoms with E-state index < -0.39 is 0 Å². The Balaban J connectivity index is 2.01. The van der Waals surface area contributed by atoms with Crippen LogP contribution in [0.25, 0.3) is 0 Å². The molecular weight excluding hydrogens is 230 g/mol. The van der Waals surface area contributed by atoms with Gasteiger partial charge in [-0.25, -0.2) is 4.79 Å². The Morgan fingerprint density at radius 1 is 1.33 bits per heavy atom. The minimum Gasteiger partial charge on any atom is -0.453 e. The van der Waals surface area contributed by atoms with E-state index in [-0.39, 0.29) is 17.9 Å². The van der Waals surface area contributed by atoms with Gasteiger partial charge in [0.25, 0.3) is 0 Å². The lowest BCUT2D eigenvalue weighted by Crippen LogP contribution is -2.36. The number of rotatable bonds is 3. The predicted octanol–water partition coefficient (Wildman–Crippen LogP) is 2.49. The average Bonchev–Trinajstić information content (AvgIpc) is 2.87. The Bertz CT molecular complexity index is 430. The fraction of sp³-hybridized carbons (Fsp3) is 0.429. The molecule has 4 heteroatoms. The van der Waals surface area contributed by atoms with Crippen LogP contribution in [0.15, 0.2) is 30.3 Å². The number of benzene rings is 1. The predicted molar refractivity (Wildman–Crippen MR) is 67.5 cm³/mol. The molecule has 1 amide bonds. The molecule has 96 valence electrons. The number of hydrogen-bond donors (Lipinski definition) is 0. The van der Waals surface area contributed by atoms with Gasteiger partial charge in [-0.05, 0) is 12.8 Å². The van der Waals surface area contributed by atoms with E-state index in [1.165, 1.54) is 7.11 Å². The lowest BCUT2D eigenvalue weighted by molar-refractivity contribution is 0.0914. The number of likely N-dealkylation sites (tertiary alicyclic amines) is 1. The number of ether oxygens (including phenoxy) is 1. The molecule has 0 aromatic heterocycles. The number of amides is 1. The molecule has 0 unspecified atom stereocenters. The summed E-state index contributed by atoms with van der Waals surface area (Å²) in [6.45, 7) is 0.680. The standard InChI is InChI=1S/C14H17NO3/c1-18-14(17)15-9-5-8-12(15)10-13(16)11-6-3-2-4-7-11/h2-4,6-7,12H,5,8-10H2,1H3/t12-/m0/s1. The molecule has 1 heterocycles. The lowest BCUT2D eigenvalue weighted by Gasteiger charge is -2.22. The molecule has 4 nitrogen and oxygen atoms in total. The number of Topliss-reactive ketones (excluding diaryl/α,β-unsaturated/α-hetero) is 1. The van der Waals surface area contributed by atoms with E-state index in [0.717, 1.165) is 12.8 Å². The Labute approximate surface area is 107 Å². The topological polar surface area (TPSA) is 46.6 Å². The Hall–Kier alpha value is -1.84. The molecule has 0 N–H and O–H groups in total. The monoisotopic (exact) mass is 247 g/mol. The molecule has 1 fully saturated rings. The van der Waals surface area contributed by atoms with Crippen LogP contribution in [-0.4, -0.2) is 36.5 Å². The maximum absolute atomic E-state index is 12.1. The highest BCUT2D eigenvalue weighted by atomic mass is 16.5. The molecule has 1 aliphatic rings. The molecule has 1 aliphatic heterocycles. The number of ketones is 1. The molecule has 18 heavy (non-hydrogen) atoms. The van der Waals surface area contributed by atoms with E-state index >= 15 is 0 Å². The number of carbonyl (C=O) groups is 2. The van der Waals surface area contributed by atoms with Crippen LogP contribution in [-0.2, 0) is 4.74 Å². The molecule has 0 radical (unpaired) electrons. The van der Waals surface area contributed by atoms with E-state index in [4.69, 9.17) is 4.74 Å². The van der Waals surface area contributed by atoms with Crippen molar-refractivity contribution in [3.8, 4) is 0 Å². The smallest absolute Gasteiger partial charge is 0.409 e. The van der Waals surface area contributed by atoms with Crippen LogP contribution in [0.5, 0.6) is 0 Å². The van der Waals surface area contributed by atoms with Gasteiger partial charge >= 0.3 is 6.09 Å². The molecule has 0 aliphatic carbocycles. The van der Waals surface area contributed by atoms with Crippen LogP contribution < -0.4 is 0 Å². The first-order valence-electron chi connectivity index (χ1n) is 6.15. The summed E-state index contributed by atoms with van der Waals surface area (Å²) in [5.74, 6) is 0.0800. The second-order valence-electron chi connectivity index (χ2n) is 4.45. The first-order valence-corrected chi connectivity index (χ1v) is 6.15. The fourth-order valence-electron chi connectivity index (χ4n) is 2.36. The van der Waals surface area contributed by atoms with Crippen LogP contribution in [0.4, 0.5) is 4.79 Å². The van der Waals surface area contributed by atoms with Gasteiger partial charge in [-0.2, -0.15) is 0 Å². The zero-order chi connectivity index (χ0) is 13.0. The summed E-state index contributed by atoms with van der Waals surface area (Å²) in [6, 6.07) is 9.16. The van der Waals surface area contributed by atoms with Crippen molar-refractivity contribution in [1.82, 2.24) is 4.90 Å². The zero-order valence-corrected chi connectivity index (χ0v) is 10.5. The number of nitrogens with zero attached hydrogens (tertiary/aromatic N) is 1. The van der Waals surface area contributed by atoms with Gasteiger partial charge in [0.1, 0.15) is 0 Å². The highest BCUT2D eigenvalue weighted by Gasteiger charge is 2.31. The second kappa shape index (κ2) is 5.67. The van der Waals surface area contributed by atoms with Crippen molar-refractivity contribution in [2.75, 3.05) is 13.7 Å². The van der Waals surface area contributed by atoms with Gasteiger partial charge in [-0.1, -0.05) is 30.3 Å². The first-order chi connectivity index (χ1) is 8.72. The number of carbonyl (C=O) groups excluding carboxylic acids is 2. The molecule has 1 aromatic rings. The van der Waals surface area contributed by atoms with Gasteiger partial charge < -0.3 is 9.64 Å². The minimum atomic E-state index is -0.335. The summed E-state index contributed by atoms with van der Waals surface area (Å²) in [6.07, 6.45) is 1.84. The zero-order valence-electron chi connectivity index (χ0n) is 10.5. The Morgan fingerprint density at radius 2 is 2.06 bits per heavy atom. The lowest BCUT2D eigenvalue weighted by atomic mass is 10.0. The maximum atomic E-state index is 12.1. The molecule has 2 rings (SSSR count). The van der Waals surface area contributed by atoms with Crippen LogP contribution in [0.3, 0.4) is 0 Å². The van der Waals surface area contributed by atoms with Gasteiger partial charge in [0.05, 0.1) is 7.11 Å². The van der Waals surface area contributed by atoms with Crippen molar-refractivity contribution in [3.05, 3.63) is 35.9 Å². The highest BCUT2D eigenvalue weighted by Crippen LogP contribution is 2.22. The van der Waals surface area contributed by atoms with Crippen molar-refractivity contribution >= 4 is 11.9 Å². The molecule has 1 saturated heterocycles. The molecule has 1 atom stereocenters. The van der Waals surface area contributed by atoms with E-state index in [1.807, 2.05) is 18.2 Å². The van der Waals surface area contributed by atoms with Crippen molar-refractivity contribution in [1.29, 1.82) is 0 Å². The quantitative estimate of drug-likeness (QED) is 0.771. The molecule has 0 bridgehead atoms. The third kappa shape index (κ3) is 2.70. The normalized spacial score (nSPS) is 18.7. The summed E-state index contributed by atoms with van der Waals surface area (Å²) < 4.78 is 4.73. The van der Waals surface area contributed by atoms with Crippen LogP contribution >= 0.6 is 0 Å². The van der Waals surface area contributed by atoms with Crippen LogP contribution in [0.2, 0.25) is 0 Å². The third-order valence-electron chi connectivity index (χ3n) is 3.30. The van der Waals surface area contributed by atoms with Gasteiger partial charge in [0.2, 0.25) is 0 Å². The van der Waals surface area contributed by atoms with Gasteiger partial charge in [0.15, 0.2) is 5.78 Å². The van der Waals surface area contributed by atoms with Crippen molar-refractivity contribution < 1.29 is 14.3 Å². The third-order valence-corrected chi connectivity index (χ3v) is 3.30. The van der Waals surface area contributed by atoms with E-state index in [9.17, 15) is 9.59 Å². The van der Waals surface area contributed by atoms with E-state index in [0.29, 0.717) is 18.5 Å². The molecule has 0 spiro atoms. The minimum absolute atomic E-state index is 0.0230. The number of hydrogen-bond acceptors (Lipinski definition) is 3. The van der Waals surface area contributed by atoms with Crippen LogP contribution in [0.1, 0.15) is 29.6 Å². The Kier molecular flexibility index (Phi) is 3.97. The first kappa shape index (κ1) is 12.6. The average molecular weight is 247 g/mol. The van der Waals surface area contributed by atoms with Crippen molar-refractivity contribution in [2.24, 2.45) is 0 Å². The largest absolute Gasteiger partial charge is 0.453 e. The molecule has 1 aromatic carbocycles. The van der Waals surface area contributed by atoms with Gasteiger partial charge in [-0.3, -0.25) is 4.79 Å². The van der Waals surface area contributed by atoms with E-state index in [1.54, 1.807) is 17.0 Å². The second-order valence-corrected chi connectivity index (χ2v) is 4.45. The van der Waals surface area contributed by atoms with Crippen LogP contribution in [0, 0.1) is 0 Å². The summed E-state index contributed by atoms with van der Waals surface area (Å²) in [4.78, 5) is 25.3. The SMILES string of the molecule is COC(=O)N1CCC[C@H]1CC(=O)c1ccccc1. The summed E-state index contributed by atoms with van der Waals surface area (Å²) in [7, 11) is 1.37. The summed E-state index contributed by atoms with van der Waals surface area (Å²) >= 11 is 0.